The van der Waals surface area contributed by atoms with Crippen molar-refractivity contribution in [1.29, 1.82) is 0 Å². The van der Waals surface area contributed by atoms with E-state index in [0.717, 1.165) is 13.1 Å². The fourth-order valence-electron chi connectivity index (χ4n) is 3.57. The zero-order valence-corrected chi connectivity index (χ0v) is 15.7. The maximum absolute atomic E-state index is 12.7. The van der Waals surface area contributed by atoms with Crippen molar-refractivity contribution in [3.05, 3.63) is 42.6 Å². The molecule has 2 fully saturated rings. The van der Waals surface area contributed by atoms with Gasteiger partial charge in [0.1, 0.15) is 0 Å². The second kappa shape index (κ2) is 8.39. The van der Waals surface area contributed by atoms with Crippen LogP contribution in [0.2, 0.25) is 0 Å². The van der Waals surface area contributed by atoms with Crippen LogP contribution in [0.4, 0.5) is 5.95 Å². The molecule has 0 bridgehead atoms. The smallest absolute Gasteiger partial charge is 0.289 e. The van der Waals surface area contributed by atoms with Crippen molar-refractivity contribution in [3.63, 3.8) is 0 Å². The number of rotatable bonds is 4. The lowest BCUT2D eigenvalue weighted by Gasteiger charge is -2.37. The van der Waals surface area contributed by atoms with Crippen molar-refractivity contribution < 1.29 is 14.0 Å². The predicted octanol–water partition coefficient (Wildman–Crippen LogP) is 0.176. The fraction of sp³-hybridized carbons (Fsp3) is 0.474. The molecule has 28 heavy (non-hydrogen) atoms. The Balaban J connectivity index is 1.21. The molecule has 0 aliphatic carbocycles. The van der Waals surface area contributed by atoms with Gasteiger partial charge in [-0.25, -0.2) is 9.97 Å². The summed E-state index contributed by atoms with van der Waals surface area (Å²) in [6.07, 6.45) is 4.97. The van der Waals surface area contributed by atoms with Gasteiger partial charge in [-0.05, 0) is 18.2 Å². The molecule has 148 valence electrons. The number of hydrogen-bond acceptors (Lipinski definition) is 7. The lowest BCUT2D eigenvalue weighted by atomic mass is 10.2. The van der Waals surface area contributed by atoms with Gasteiger partial charge in [0.25, 0.3) is 5.91 Å². The molecule has 0 unspecified atom stereocenters. The number of carbonyl (C=O) groups is 2. The zero-order chi connectivity index (χ0) is 19.3. The van der Waals surface area contributed by atoms with E-state index in [1.807, 2.05) is 4.90 Å². The summed E-state index contributed by atoms with van der Waals surface area (Å²) in [5, 5.41) is 0. The molecule has 9 heteroatoms. The molecule has 0 N–H and O–H groups in total. The minimum atomic E-state index is -0.0878. The van der Waals surface area contributed by atoms with E-state index in [1.54, 1.807) is 35.5 Å². The Morgan fingerprint density at radius 1 is 0.893 bits per heavy atom. The highest BCUT2D eigenvalue weighted by Crippen LogP contribution is 2.12. The summed E-state index contributed by atoms with van der Waals surface area (Å²) in [5.74, 6) is 1.13. The summed E-state index contributed by atoms with van der Waals surface area (Å²) >= 11 is 0. The molecule has 2 aliphatic heterocycles. The van der Waals surface area contributed by atoms with Crippen molar-refractivity contribution in [2.75, 3.05) is 63.8 Å². The van der Waals surface area contributed by atoms with Gasteiger partial charge in [0, 0.05) is 64.8 Å². The molecule has 0 atom stereocenters. The SMILES string of the molecule is O=C(CN1CCN(C(=O)c2ccco2)CC1)N1CCN(c2ncccn2)CC1. The average Bonchev–Trinajstić information content (AvgIpc) is 3.29. The van der Waals surface area contributed by atoms with Gasteiger partial charge in [-0.3, -0.25) is 14.5 Å². The molecule has 0 saturated carbocycles. The van der Waals surface area contributed by atoms with Crippen LogP contribution in [0.5, 0.6) is 0 Å². The van der Waals surface area contributed by atoms with Gasteiger partial charge in [0.05, 0.1) is 12.8 Å². The number of nitrogens with zero attached hydrogens (tertiary/aromatic N) is 6. The Hall–Kier alpha value is -2.94. The van der Waals surface area contributed by atoms with Crippen molar-refractivity contribution in [2.24, 2.45) is 0 Å². The highest BCUT2D eigenvalue weighted by atomic mass is 16.3. The third-order valence-corrected chi connectivity index (χ3v) is 5.22. The van der Waals surface area contributed by atoms with E-state index in [4.69, 9.17) is 4.42 Å². The molecule has 0 aromatic carbocycles. The van der Waals surface area contributed by atoms with Gasteiger partial charge < -0.3 is 19.1 Å². The largest absolute Gasteiger partial charge is 0.459 e. The van der Waals surface area contributed by atoms with E-state index < -0.39 is 0 Å². The number of amides is 2. The normalized spacial score (nSPS) is 18.4. The number of anilines is 1. The van der Waals surface area contributed by atoms with Crippen LogP contribution in [0.15, 0.2) is 41.3 Å². The Bertz CT molecular complexity index is 781. The van der Waals surface area contributed by atoms with Crippen LogP contribution in [-0.2, 0) is 4.79 Å². The van der Waals surface area contributed by atoms with Crippen molar-refractivity contribution >= 4 is 17.8 Å². The van der Waals surface area contributed by atoms with Gasteiger partial charge in [-0.15, -0.1) is 0 Å². The molecule has 2 aliphatic rings. The standard InChI is InChI=1S/C19H24N6O3/c26-17(23-10-12-25(13-11-23)19-20-4-2-5-21-19)15-22-6-8-24(9-7-22)18(27)16-3-1-14-28-16/h1-5,14H,6-13,15H2. The molecule has 0 spiro atoms. The highest BCUT2D eigenvalue weighted by Gasteiger charge is 2.27. The Kier molecular flexibility index (Phi) is 5.52. The second-order valence-corrected chi connectivity index (χ2v) is 6.96. The zero-order valence-electron chi connectivity index (χ0n) is 15.7. The van der Waals surface area contributed by atoms with Crippen LogP contribution >= 0.6 is 0 Å². The van der Waals surface area contributed by atoms with Gasteiger partial charge in [0.15, 0.2) is 5.76 Å². The lowest BCUT2D eigenvalue weighted by molar-refractivity contribution is -0.133. The van der Waals surface area contributed by atoms with Crippen LogP contribution in [0, 0.1) is 0 Å². The quantitative estimate of drug-likeness (QED) is 0.743. The molecule has 2 amide bonds. The molecule has 0 radical (unpaired) electrons. The van der Waals surface area contributed by atoms with Crippen LogP contribution in [0.1, 0.15) is 10.6 Å². The summed E-state index contributed by atoms with van der Waals surface area (Å²) in [4.78, 5) is 41.4. The summed E-state index contributed by atoms with van der Waals surface area (Å²) in [7, 11) is 0. The molecule has 9 nitrogen and oxygen atoms in total. The van der Waals surface area contributed by atoms with E-state index in [1.165, 1.54) is 6.26 Å². The first kappa shape index (κ1) is 18.4. The van der Waals surface area contributed by atoms with E-state index in [9.17, 15) is 9.59 Å². The third kappa shape index (κ3) is 4.14. The second-order valence-electron chi connectivity index (χ2n) is 6.96. The lowest BCUT2D eigenvalue weighted by Crippen LogP contribution is -2.54. The van der Waals surface area contributed by atoms with Crippen molar-refractivity contribution in [2.45, 2.75) is 0 Å². The topological polar surface area (TPSA) is 86.0 Å². The van der Waals surface area contributed by atoms with Crippen LogP contribution in [0.3, 0.4) is 0 Å². The van der Waals surface area contributed by atoms with Crippen LogP contribution in [-0.4, -0.2) is 95.4 Å². The van der Waals surface area contributed by atoms with Crippen molar-refractivity contribution in [1.82, 2.24) is 24.7 Å². The van der Waals surface area contributed by atoms with Gasteiger partial charge in [-0.1, -0.05) is 0 Å². The molecular weight excluding hydrogens is 360 g/mol. The van der Waals surface area contributed by atoms with Gasteiger partial charge >= 0.3 is 0 Å². The molecule has 4 heterocycles. The Labute approximate surface area is 163 Å². The maximum atomic E-state index is 12.7. The first-order valence-electron chi connectivity index (χ1n) is 9.55. The van der Waals surface area contributed by atoms with E-state index >= 15 is 0 Å². The molecule has 2 saturated heterocycles. The number of piperazine rings is 2. The molecule has 2 aromatic heterocycles. The number of hydrogen-bond donors (Lipinski definition) is 0. The Morgan fingerprint density at radius 3 is 2.21 bits per heavy atom. The van der Waals surface area contributed by atoms with E-state index in [0.29, 0.717) is 57.5 Å². The average molecular weight is 384 g/mol. The first-order chi connectivity index (χ1) is 13.7. The maximum Gasteiger partial charge on any atom is 0.289 e. The minimum Gasteiger partial charge on any atom is -0.459 e. The third-order valence-electron chi connectivity index (χ3n) is 5.22. The summed E-state index contributed by atoms with van der Waals surface area (Å²) in [6.45, 7) is 5.80. The van der Waals surface area contributed by atoms with Gasteiger partial charge in [-0.2, -0.15) is 0 Å². The van der Waals surface area contributed by atoms with Crippen molar-refractivity contribution in [3.8, 4) is 0 Å². The molecular formula is C19H24N6O3. The van der Waals surface area contributed by atoms with Gasteiger partial charge in [0.2, 0.25) is 11.9 Å². The minimum absolute atomic E-state index is 0.0878. The monoisotopic (exact) mass is 384 g/mol. The summed E-state index contributed by atoms with van der Waals surface area (Å²) in [5.41, 5.74) is 0. The van der Waals surface area contributed by atoms with E-state index in [-0.39, 0.29) is 11.8 Å². The summed E-state index contributed by atoms with van der Waals surface area (Å²) < 4.78 is 5.18. The fourth-order valence-corrected chi connectivity index (χ4v) is 3.57. The molecule has 2 aromatic rings. The Morgan fingerprint density at radius 2 is 1.57 bits per heavy atom. The van der Waals surface area contributed by atoms with E-state index in [2.05, 4.69) is 19.8 Å². The number of furan rings is 1. The highest BCUT2D eigenvalue weighted by molar-refractivity contribution is 5.91. The number of aromatic nitrogens is 2. The summed E-state index contributed by atoms with van der Waals surface area (Å²) in [6, 6.07) is 5.19. The predicted molar refractivity (Wildman–Crippen MR) is 102 cm³/mol. The molecule has 4 rings (SSSR count). The first-order valence-corrected chi connectivity index (χ1v) is 9.55. The number of carbonyl (C=O) groups excluding carboxylic acids is 2. The van der Waals surface area contributed by atoms with Crippen LogP contribution < -0.4 is 4.90 Å². The van der Waals surface area contributed by atoms with Crippen LogP contribution in [0.25, 0.3) is 0 Å².